The van der Waals surface area contributed by atoms with E-state index < -0.39 is 6.89 Å². The predicted octanol–water partition coefficient (Wildman–Crippen LogP) is 6.71. The maximum Gasteiger partial charge on any atom is 0.121 e. The SMILES string of the molecule is Cc1ccc(N2CCN(c3ccc(C)cc3)C2=P(c2ccccc2)(c2ccccc2)c2ccccc2)cc1. The number of hydrogen-bond acceptors (Lipinski definition) is 0. The van der Waals surface area contributed by atoms with Crippen molar-refractivity contribution in [3.05, 3.63) is 151 Å². The molecule has 0 atom stereocenters. The first-order chi connectivity index (χ1) is 18.7. The van der Waals surface area contributed by atoms with Gasteiger partial charge in [-0.15, -0.1) is 0 Å². The van der Waals surface area contributed by atoms with Gasteiger partial charge in [0.25, 0.3) is 0 Å². The largest absolute Gasteiger partial charge is 0.325 e. The Morgan fingerprint density at radius 2 is 0.737 bits per heavy atom. The van der Waals surface area contributed by atoms with Gasteiger partial charge in [-0.05, 0) is 54.0 Å². The summed E-state index contributed by atoms with van der Waals surface area (Å²) < 4.78 is 0. The highest BCUT2D eigenvalue weighted by Gasteiger charge is 2.39. The molecule has 1 saturated heterocycles. The Morgan fingerprint density at radius 3 is 1.05 bits per heavy atom. The van der Waals surface area contributed by atoms with Crippen molar-refractivity contribution in [2.45, 2.75) is 13.8 Å². The Bertz CT molecular complexity index is 1400. The molecular formula is C35H33N2P. The average Bonchev–Trinajstić information content (AvgIpc) is 3.41. The van der Waals surface area contributed by atoms with Gasteiger partial charge in [0, 0.05) is 31.4 Å². The summed E-state index contributed by atoms with van der Waals surface area (Å²) in [6, 6.07) is 51.6. The molecule has 0 bridgehead atoms. The van der Waals surface area contributed by atoms with Crippen LogP contribution in [0.15, 0.2) is 140 Å². The smallest absolute Gasteiger partial charge is 0.121 e. The van der Waals surface area contributed by atoms with Gasteiger partial charge in [-0.25, -0.2) is 0 Å². The molecule has 0 aromatic heterocycles. The monoisotopic (exact) mass is 512 g/mol. The first-order valence-electron chi connectivity index (χ1n) is 13.3. The Morgan fingerprint density at radius 1 is 0.421 bits per heavy atom. The molecule has 1 aliphatic heterocycles. The average molecular weight is 513 g/mol. The van der Waals surface area contributed by atoms with Gasteiger partial charge in [-0.3, -0.25) is 0 Å². The summed E-state index contributed by atoms with van der Waals surface area (Å²) >= 11 is 0. The first-order valence-corrected chi connectivity index (χ1v) is 15.1. The fraction of sp³-hybridized carbons (Fsp3) is 0.114. The lowest BCUT2D eigenvalue weighted by molar-refractivity contribution is 1.02. The van der Waals surface area contributed by atoms with Gasteiger partial charge < -0.3 is 9.80 Å². The number of nitrogens with zero attached hydrogens (tertiary/aromatic N) is 2. The standard InChI is InChI=1S/C35H33N2P/c1-28-18-22-30(23-19-28)36-26-27-37(31-24-20-29(2)21-25-31)35(36)38(32-12-6-3-7-13-32,33-14-8-4-9-15-33)34-16-10-5-11-17-34/h3-25H,26-27H2,1-2H3. The third kappa shape index (κ3) is 4.26. The zero-order chi connectivity index (χ0) is 26.0. The zero-order valence-corrected chi connectivity index (χ0v) is 22.9. The molecule has 38 heavy (non-hydrogen) atoms. The van der Waals surface area contributed by atoms with E-state index in [2.05, 4.69) is 163 Å². The molecule has 1 aliphatic rings. The number of aryl methyl sites for hydroxylation is 2. The van der Waals surface area contributed by atoms with E-state index in [9.17, 15) is 0 Å². The van der Waals surface area contributed by atoms with Gasteiger partial charge in [0.05, 0.1) is 0 Å². The lowest BCUT2D eigenvalue weighted by Crippen LogP contribution is -2.42. The van der Waals surface area contributed by atoms with Crippen LogP contribution in [0.1, 0.15) is 11.1 Å². The minimum Gasteiger partial charge on any atom is -0.325 e. The van der Waals surface area contributed by atoms with Crippen molar-refractivity contribution in [1.82, 2.24) is 0 Å². The van der Waals surface area contributed by atoms with Crippen molar-refractivity contribution in [2.75, 3.05) is 22.9 Å². The molecule has 5 aromatic carbocycles. The van der Waals surface area contributed by atoms with Gasteiger partial charge in [0.2, 0.25) is 0 Å². The van der Waals surface area contributed by atoms with Crippen molar-refractivity contribution in [1.29, 1.82) is 0 Å². The highest BCUT2D eigenvalue weighted by molar-refractivity contribution is 7.95. The molecule has 2 nitrogen and oxygen atoms in total. The van der Waals surface area contributed by atoms with E-state index in [4.69, 9.17) is 0 Å². The Hall–Kier alpha value is -4.00. The molecule has 0 spiro atoms. The van der Waals surface area contributed by atoms with E-state index >= 15 is 0 Å². The van der Waals surface area contributed by atoms with E-state index in [1.165, 1.54) is 44.0 Å². The number of hydrogen-bond donors (Lipinski definition) is 0. The summed E-state index contributed by atoms with van der Waals surface area (Å²) in [6.07, 6.45) is 0. The zero-order valence-electron chi connectivity index (χ0n) is 22.0. The van der Waals surface area contributed by atoms with Crippen LogP contribution in [0, 0.1) is 13.8 Å². The van der Waals surface area contributed by atoms with Crippen LogP contribution in [-0.4, -0.2) is 18.6 Å². The fourth-order valence-electron chi connectivity index (χ4n) is 5.59. The Labute approximate surface area is 226 Å². The summed E-state index contributed by atoms with van der Waals surface area (Å²) in [5.74, 6) is 0. The fourth-order valence-corrected chi connectivity index (χ4v) is 10.2. The minimum atomic E-state index is -2.30. The van der Waals surface area contributed by atoms with E-state index in [1.54, 1.807) is 0 Å². The summed E-state index contributed by atoms with van der Waals surface area (Å²) in [6.45, 7) is 3.88. The van der Waals surface area contributed by atoms with Gasteiger partial charge in [0.1, 0.15) is 5.54 Å². The molecule has 0 amide bonds. The molecule has 5 aromatic rings. The second-order valence-electron chi connectivity index (χ2n) is 9.95. The number of benzene rings is 5. The molecule has 188 valence electrons. The van der Waals surface area contributed by atoms with Gasteiger partial charge in [0.15, 0.2) is 0 Å². The molecule has 3 heteroatoms. The van der Waals surface area contributed by atoms with E-state index in [0.717, 1.165) is 13.1 Å². The molecule has 0 N–H and O–H groups in total. The van der Waals surface area contributed by atoms with Crippen LogP contribution in [0.3, 0.4) is 0 Å². The summed E-state index contributed by atoms with van der Waals surface area (Å²) in [4.78, 5) is 5.17. The highest BCUT2D eigenvalue weighted by atomic mass is 31.2. The quantitative estimate of drug-likeness (QED) is 0.242. The van der Waals surface area contributed by atoms with Crippen LogP contribution < -0.4 is 25.7 Å². The second kappa shape index (κ2) is 10.4. The molecule has 0 saturated carbocycles. The van der Waals surface area contributed by atoms with Crippen LogP contribution in [-0.2, 0) is 0 Å². The lowest BCUT2D eigenvalue weighted by atomic mass is 10.2. The molecule has 6 rings (SSSR count). The van der Waals surface area contributed by atoms with Crippen molar-refractivity contribution in [3.63, 3.8) is 0 Å². The van der Waals surface area contributed by atoms with Gasteiger partial charge >= 0.3 is 0 Å². The van der Waals surface area contributed by atoms with Gasteiger partial charge in [-0.1, -0.05) is 126 Å². The van der Waals surface area contributed by atoms with Gasteiger partial charge in [-0.2, -0.15) is 0 Å². The Balaban J connectivity index is 1.80. The molecule has 1 heterocycles. The van der Waals surface area contributed by atoms with E-state index in [-0.39, 0.29) is 0 Å². The van der Waals surface area contributed by atoms with Crippen molar-refractivity contribution >= 4 is 39.7 Å². The third-order valence-electron chi connectivity index (χ3n) is 7.45. The number of rotatable bonds is 5. The third-order valence-corrected chi connectivity index (χ3v) is 11.8. The maximum atomic E-state index is 2.58. The Kier molecular flexibility index (Phi) is 6.66. The minimum absolute atomic E-state index is 0.931. The second-order valence-corrected chi connectivity index (χ2v) is 13.2. The highest BCUT2D eigenvalue weighted by Crippen LogP contribution is 2.50. The molecular weight excluding hydrogens is 479 g/mol. The van der Waals surface area contributed by atoms with Crippen LogP contribution in [0.4, 0.5) is 11.4 Å². The van der Waals surface area contributed by atoms with Crippen molar-refractivity contribution in [3.8, 4) is 0 Å². The van der Waals surface area contributed by atoms with Crippen molar-refractivity contribution < 1.29 is 0 Å². The number of anilines is 2. The summed E-state index contributed by atoms with van der Waals surface area (Å²) in [5.41, 5.74) is 6.41. The first kappa shape index (κ1) is 24.3. The normalized spacial score (nSPS) is 13.7. The van der Waals surface area contributed by atoms with E-state index in [1.807, 2.05) is 0 Å². The topological polar surface area (TPSA) is 6.48 Å². The summed E-state index contributed by atoms with van der Waals surface area (Å²) in [7, 11) is 0. The lowest BCUT2D eigenvalue weighted by Gasteiger charge is -2.38. The molecule has 0 aliphatic carbocycles. The van der Waals surface area contributed by atoms with Crippen molar-refractivity contribution in [2.24, 2.45) is 0 Å². The van der Waals surface area contributed by atoms with Crippen LogP contribution in [0.2, 0.25) is 0 Å². The van der Waals surface area contributed by atoms with E-state index in [0.29, 0.717) is 0 Å². The van der Waals surface area contributed by atoms with Crippen LogP contribution >= 0.6 is 6.89 Å². The van der Waals surface area contributed by atoms with Crippen LogP contribution in [0.5, 0.6) is 0 Å². The maximum absolute atomic E-state index is 2.58. The summed E-state index contributed by atoms with van der Waals surface area (Å²) in [5, 5.41) is 4.09. The molecule has 0 unspecified atom stereocenters. The molecule has 0 radical (unpaired) electrons. The molecule has 1 fully saturated rings. The van der Waals surface area contributed by atoms with Crippen LogP contribution in [0.25, 0.3) is 0 Å². The predicted molar refractivity (Wildman–Crippen MR) is 167 cm³/mol.